The summed E-state index contributed by atoms with van der Waals surface area (Å²) in [5.74, 6) is 0.159. The van der Waals surface area contributed by atoms with E-state index in [2.05, 4.69) is 15.2 Å². The molecule has 7 heteroatoms. The minimum absolute atomic E-state index is 0.0161. The van der Waals surface area contributed by atoms with Crippen molar-refractivity contribution in [2.45, 2.75) is 13.5 Å². The normalized spacial score (nSPS) is 14.8. The highest BCUT2D eigenvalue weighted by Gasteiger charge is 2.22. The van der Waals surface area contributed by atoms with E-state index in [9.17, 15) is 9.59 Å². The minimum Gasteiger partial charge on any atom is -0.365 e. The molecule has 1 aromatic carbocycles. The van der Waals surface area contributed by atoms with Crippen molar-refractivity contribution in [1.29, 1.82) is 0 Å². The van der Waals surface area contributed by atoms with Crippen LogP contribution >= 0.6 is 0 Å². The van der Waals surface area contributed by atoms with Gasteiger partial charge in [-0.1, -0.05) is 24.3 Å². The maximum atomic E-state index is 12.3. The molecule has 0 saturated carbocycles. The number of nitrogens with two attached hydrogens (primary N) is 1. The molecule has 0 atom stereocenters. The average molecular weight is 367 g/mol. The third-order valence-electron chi connectivity index (χ3n) is 4.83. The fourth-order valence-corrected chi connectivity index (χ4v) is 3.22. The SMILES string of the molecule is Cc1ccccc1CNC(=O)CN1CCN(c2ncccc2C(N)=O)CC1. The van der Waals surface area contributed by atoms with E-state index in [0.29, 0.717) is 37.6 Å². The number of benzene rings is 1. The van der Waals surface area contributed by atoms with Crippen LogP contribution in [0.15, 0.2) is 42.6 Å². The Bertz CT molecular complexity index is 816. The third kappa shape index (κ3) is 4.83. The van der Waals surface area contributed by atoms with Crippen molar-refractivity contribution >= 4 is 17.6 Å². The number of hydrogen-bond donors (Lipinski definition) is 2. The van der Waals surface area contributed by atoms with Gasteiger partial charge in [-0.3, -0.25) is 14.5 Å². The molecule has 27 heavy (non-hydrogen) atoms. The lowest BCUT2D eigenvalue weighted by Crippen LogP contribution is -2.50. The molecule has 7 nitrogen and oxygen atoms in total. The van der Waals surface area contributed by atoms with E-state index in [0.717, 1.165) is 18.7 Å². The molecule has 0 spiro atoms. The van der Waals surface area contributed by atoms with Crippen LogP contribution in [0.3, 0.4) is 0 Å². The van der Waals surface area contributed by atoms with Gasteiger partial charge in [0.15, 0.2) is 0 Å². The zero-order chi connectivity index (χ0) is 19.2. The second kappa shape index (κ2) is 8.64. The average Bonchev–Trinajstić information content (AvgIpc) is 2.68. The Morgan fingerprint density at radius 3 is 2.56 bits per heavy atom. The predicted octanol–water partition coefficient (Wildman–Crippen LogP) is 0.927. The molecule has 3 rings (SSSR count). The fraction of sp³-hybridized carbons (Fsp3) is 0.350. The molecule has 2 amide bonds. The predicted molar refractivity (Wildman–Crippen MR) is 104 cm³/mol. The van der Waals surface area contributed by atoms with Gasteiger partial charge in [0.05, 0.1) is 12.1 Å². The summed E-state index contributed by atoms with van der Waals surface area (Å²) in [6.45, 7) is 5.80. The Labute approximate surface area is 159 Å². The van der Waals surface area contributed by atoms with E-state index >= 15 is 0 Å². The number of anilines is 1. The van der Waals surface area contributed by atoms with E-state index < -0.39 is 5.91 Å². The number of nitrogens with one attached hydrogen (secondary N) is 1. The molecule has 3 N–H and O–H groups in total. The number of rotatable bonds is 6. The number of aryl methyl sites for hydroxylation is 1. The highest BCUT2D eigenvalue weighted by Crippen LogP contribution is 2.18. The van der Waals surface area contributed by atoms with E-state index in [4.69, 9.17) is 5.73 Å². The standard InChI is InChI=1S/C20H25N5O2/c1-15-5-2-3-6-16(15)13-23-18(26)14-24-9-11-25(12-10-24)20-17(19(21)27)7-4-8-22-20/h2-8H,9-14H2,1H3,(H2,21,27)(H,23,26). The number of nitrogens with zero attached hydrogens (tertiary/aromatic N) is 3. The molecule has 1 aliphatic rings. The Morgan fingerprint density at radius 2 is 1.85 bits per heavy atom. The number of carbonyl (C=O) groups excluding carboxylic acids is 2. The van der Waals surface area contributed by atoms with Gasteiger partial charge in [0.1, 0.15) is 5.82 Å². The van der Waals surface area contributed by atoms with Crippen LogP contribution in [-0.2, 0) is 11.3 Å². The van der Waals surface area contributed by atoms with E-state index in [1.165, 1.54) is 5.56 Å². The summed E-state index contributed by atoms with van der Waals surface area (Å²) in [5, 5.41) is 2.99. The van der Waals surface area contributed by atoms with Crippen molar-refractivity contribution < 1.29 is 9.59 Å². The number of piperazine rings is 1. The monoisotopic (exact) mass is 367 g/mol. The number of aromatic nitrogens is 1. The molecule has 142 valence electrons. The van der Waals surface area contributed by atoms with Gasteiger partial charge in [-0.05, 0) is 30.2 Å². The molecular formula is C20H25N5O2. The molecule has 0 aliphatic carbocycles. The molecule has 1 aromatic heterocycles. The van der Waals surface area contributed by atoms with E-state index in [-0.39, 0.29) is 5.91 Å². The number of pyridine rings is 1. The molecule has 0 unspecified atom stereocenters. The van der Waals surface area contributed by atoms with Crippen molar-refractivity contribution in [3.8, 4) is 0 Å². The van der Waals surface area contributed by atoms with Crippen molar-refractivity contribution in [3.63, 3.8) is 0 Å². The van der Waals surface area contributed by atoms with Gasteiger partial charge < -0.3 is 16.0 Å². The summed E-state index contributed by atoms with van der Waals surface area (Å²) < 4.78 is 0. The molecule has 2 heterocycles. The Hall–Kier alpha value is -2.93. The molecule has 1 aliphatic heterocycles. The highest BCUT2D eigenvalue weighted by atomic mass is 16.2. The summed E-state index contributed by atoms with van der Waals surface area (Å²) in [6.07, 6.45) is 1.66. The number of primary amides is 1. The van der Waals surface area contributed by atoms with Crippen LogP contribution in [0.4, 0.5) is 5.82 Å². The summed E-state index contributed by atoms with van der Waals surface area (Å²) in [5.41, 5.74) is 8.17. The zero-order valence-electron chi connectivity index (χ0n) is 15.5. The largest absolute Gasteiger partial charge is 0.365 e. The van der Waals surface area contributed by atoms with Crippen molar-refractivity contribution in [2.75, 3.05) is 37.6 Å². The van der Waals surface area contributed by atoms with Crippen molar-refractivity contribution in [2.24, 2.45) is 5.73 Å². The fourth-order valence-electron chi connectivity index (χ4n) is 3.22. The van der Waals surface area contributed by atoms with Crippen LogP contribution in [-0.4, -0.2) is 54.4 Å². The highest BCUT2D eigenvalue weighted by molar-refractivity contribution is 5.97. The third-order valence-corrected chi connectivity index (χ3v) is 4.83. The van der Waals surface area contributed by atoms with Crippen molar-refractivity contribution in [3.05, 3.63) is 59.3 Å². The topological polar surface area (TPSA) is 91.6 Å². The Morgan fingerprint density at radius 1 is 1.11 bits per heavy atom. The van der Waals surface area contributed by atoms with E-state index in [1.54, 1.807) is 18.3 Å². The summed E-state index contributed by atoms with van der Waals surface area (Å²) in [6, 6.07) is 11.4. The van der Waals surface area contributed by atoms with Crippen LogP contribution in [0.5, 0.6) is 0 Å². The molecule has 0 bridgehead atoms. The number of amides is 2. The maximum Gasteiger partial charge on any atom is 0.252 e. The van der Waals surface area contributed by atoms with Gasteiger partial charge in [0.25, 0.3) is 5.91 Å². The van der Waals surface area contributed by atoms with Crippen LogP contribution in [0.1, 0.15) is 21.5 Å². The van der Waals surface area contributed by atoms with Crippen LogP contribution in [0.25, 0.3) is 0 Å². The summed E-state index contributed by atoms with van der Waals surface area (Å²) >= 11 is 0. The van der Waals surface area contributed by atoms with Crippen molar-refractivity contribution in [1.82, 2.24) is 15.2 Å². The molecule has 0 radical (unpaired) electrons. The first-order valence-corrected chi connectivity index (χ1v) is 9.08. The molecular weight excluding hydrogens is 342 g/mol. The number of hydrogen-bond acceptors (Lipinski definition) is 5. The van der Waals surface area contributed by atoms with Gasteiger partial charge in [0.2, 0.25) is 5.91 Å². The lowest BCUT2D eigenvalue weighted by atomic mass is 10.1. The van der Waals surface area contributed by atoms with Gasteiger partial charge in [-0.15, -0.1) is 0 Å². The quantitative estimate of drug-likeness (QED) is 0.792. The first kappa shape index (κ1) is 18.8. The van der Waals surface area contributed by atoms with Gasteiger partial charge in [-0.25, -0.2) is 4.98 Å². The second-order valence-electron chi connectivity index (χ2n) is 6.71. The first-order valence-electron chi connectivity index (χ1n) is 9.08. The maximum absolute atomic E-state index is 12.3. The summed E-state index contributed by atoms with van der Waals surface area (Å²) in [4.78, 5) is 32.3. The zero-order valence-corrected chi connectivity index (χ0v) is 15.5. The Kier molecular flexibility index (Phi) is 6.03. The van der Waals surface area contributed by atoms with E-state index in [1.807, 2.05) is 36.1 Å². The van der Waals surface area contributed by atoms with Crippen LogP contribution in [0, 0.1) is 6.92 Å². The lowest BCUT2D eigenvalue weighted by Gasteiger charge is -2.35. The summed E-state index contributed by atoms with van der Waals surface area (Å²) in [7, 11) is 0. The van der Waals surface area contributed by atoms with Gasteiger partial charge in [0, 0.05) is 38.9 Å². The minimum atomic E-state index is -0.476. The van der Waals surface area contributed by atoms with Crippen LogP contribution < -0.4 is 16.0 Å². The second-order valence-corrected chi connectivity index (χ2v) is 6.71. The van der Waals surface area contributed by atoms with Gasteiger partial charge >= 0.3 is 0 Å². The van der Waals surface area contributed by atoms with Gasteiger partial charge in [-0.2, -0.15) is 0 Å². The lowest BCUT2D eigenvalue weighted by molar-refractivity contribution is -0.122. The first-order chi connectivity index (χ1) is 13.0. The van der Waals surface area contributed by atoms with Crippen LogP contribution in [0.2, 0.25) is 0 Å². The molecule has 1 saturated heterocycles. The Balaban J connectivity index is 1.49. The number of carbonyl (C=O) groups is 2. The molecule has 2 aromatic rings. The molecule has 1 fully saturated rings. The smallest absolute Gasteiger partial charge is 0.252 e.